The summed E-state index contributed by atoms with van der Waals surface area (Å²) in [4.78, 5) is 7.84. The van der Waals surface area contributed by atoms with Crippen molar-refractivity contribution in [1.82, 2.24) is 14.7 Å². The van der Waals surface area contributed by atoms with E-state index < -0.39 is 10.0 Å². The van der Waals surface area contributed by atoms with Gasteiger partial charge >= 0.3 is 0 Å². The van der Waals surface area contributed by atoms with Gasteiger partial charge in [-0.1, -0.05) is 17.7 Å². The summed E-state index contributed by atoms with van der Waals surface area (Å²) < 4.78 is 26.3. The summed E-state index contributed by atoms with van der Waals surface area (Å²) in [5.41, 5.74) is 0.640. The summed E-state index contributed by atoms with van der Waals surface area (Å²) in [6, 6.07) is 7.97. The summed E-state index contributed by atoms with van der Waals surface area (Å²) in [5, 5.41) is 0.135. The topological polar surface area (TPSA) is 72.0 Å². The van der Waals surface area contributed by atoms with E-state index in [0.717, 1.165) is 0 Å². The van der Waals surface area contributed by atoms with Gasteiger partial charge in [-0.2, -0.15) is 0 Å². The maximum atomic E-state index is 11.9. The molecule has 0 aliphatic heterocycles. The first-order valence-electron chi connectivity index (χ1n) is 5.09. The van der Waals surface area contributed by atoms with Gasteiger partial charge in [0.05, 0.1) is 17.1 Å². The molecule has 0 saturated heterocycles. The molecule has 7 heteroatoms. The summed E-state index contributed by atoms with van der Waals surface area (Å²) >= 11 is 5.65. The maximum absolute atomic E-state index is 11.9. The van der Waals surface area contributed by atoms with Crippen molar-refractivity contribution in [2.75, 3.05) is 0 Å². The lowest BCUT2D eigenvalue weighted by atomic mass is 10.4. The molecular formula is C11H10ClN3O2S. The third-order valence-electron chi connectivity index (χ3n) is 2.18. The Bertz CT molecular complexity index is 632. The molecule has 0 fully saturated rings. The molecule has 2 aromatic rings. The minimum Gasteiger partial charge on any atom is -0.260 e. The van der Waals surface area contributed by atoms with E-state index in [1.807, 2.05) is 0 Å². The smallest absolute Gasteiger partial charge is 0.241 e. The lowest BCUT2D eigenvalue weighted by Gasteiger charge is -2.06. The highest BCUT2D eigenvalue weighted by Gasteiger charge is 2.14. The van der Waals surface area contributed by atoms with Crippen LogP contribution in [0.25, 0.3) is 0 Å². The van der Waals surface area contributed by atoms with E-state index in [0.29, 0.717) is 5.69 Å². The highest BCUT2D eigenvalue weighted by molar-refractivity contribution is 7.89. The maximum Gasteiger partial charge on any atom is 0.241 e. The number of hydrogen-bond acceptors (Lipinski definition) is 4. The van der Waals surface area contributed by atoms with E-state index in [2.05, 4.69) is 14.7 Å². The molecule has 5 nitrogen and oxygen atoms in total. The van der Waals surface area contributed by atoms with Crippen molar-refractivity contribution < 1.29 is 8.42 Å². The summed E-state index contributed by atoms with van der Waals surface area (Å²) in [7, 11) is -3.60. The Morgan fingerprint density at radius 2 is 2.00 bits per heavy atom. The summed E-state index contributed by atoms with van der Waals surface area (Å²) in [6.07, 6.45) is 2.95. The van der Waals surface area contributed by atoms with Crippen LogP contribution in [0.2, 0.25) is 5.15 Å². The number of pyridine rings is 2. The van der Waals surface area contributed by atoms with Crippen LogP contribution >= 0.6 is 11.6 Å². The van der Waals surface area contributed by atoms with Crippen molar-refractivity contribution in [3.05, 3.63) is 53.6 Å². The van der Waals surface area contributed by atoms with E-state index in [1.54, 1.807) is 24.4 Å². The molecule has 2 aromatic heterocycles. The normalized spacial score (nSPS) is 11.4. The van der Waals surface area contributed by atoms with Gasteiger partial charge in [0.1, 0.15) is 5.15 Å². The second kappa shape index (κ2) is 5.43. The molecule has 0 aliphatic carbocycles. The molecule has 94 valence electrons. The fourth-order valence-electron chi connectivity index (χ4n) is 1.31. The standard InChI is InChI=1S/C11H10ClN3O2S/c12-11-7-10(4-6-14-11)18(16,17)15-8-9-3-1-2-5-13-9/h1-7,15H,8H2. The van der Waals surface area contributed by atoms with E-state index in [1.165, 1.54) is 18.3 Å². The van der Waals surface area contributed by atoms with Gasteiger partial charge < -0.3 is 0 Å². The number of sulfonamides is 1. The van der Waals surface area contributed by atoms with Crippen LogP contribution in [-0.2, 0) is 16.6 Å². The van der Waals surface area contributed by atoms with Crippen LogP contribution in [0.5, 0.6) is 0 Å². The van der Waals surface area contributed by atoms with Crippen LogP contribution in [0.3, 0.4) is 0 Å². The van der Waals surface area contributed by atoms with E-state index in [-0.39, 0.29) is 16.6 Å². The van der Waals surface area contributed by atoms with Crippen LogP contribution < -0.4 is 4.72 Å². The van der Waals surface area contributed by atoms with Gasteiger partial charge in [-0.15, -0.1) is 0 Å². The number of nitrogens with zero attached hydrogens (tertiary/aromatic N) is 2. The molecule has 2 rings (SSSR count). The third-order valence-corrected chi connectivity index (χ3v) is 3.78. The quantitative estimate of drug-likeness (QED) is 0.865. The molecule has 0 radical (unpaired) electrons. The second-order valence-corrected chi connectivity index (χ2v) is 5.61. The van der Waals surface area contributed by atoms with Crippen molar-refractivity contribution >= 4 is 21.6 Å². The number of hydrogen-bond donors (Lipinski definition) is 1. The number of nitrogens with one attached hydrogen (secondary N) is 1. The van der Waals surface area contributed by atoms with Gasteiger partial charge in [-0.25, -0.2) is 18.1 Å². The van der Waals surface area contributed by atoms with Crippen LogP contribution in [-0.4, -0.2) is 18.4 Å². The fourth-order valence-corrected chi connectivity index (χ4v) is 2.56. The molecule has 0 atom stereocenters. The zero-order chi connectivity index (χ0) is 13.0. The Balaban J connectivity index is 2.13. The minimum absolute atomic E-state index is 0.0819. The molecule has 0 unspecified atom stereocenters. The fraction of sp³-hybridized carbons (Fsp3) is 0.0909. The Kier molecular flexibility index (Phi) is 3.90. The van der Waals surface area contributed by atoms with E-state index in [9.17, 15) is 8.42 Å². The Morgan fingerprint density at radius 3 is 2.67 bits per heavy atom. The lowest BCUT2D eigenvalue weighted by Crippen LogP contribution is -2.23. The van der Waals surface area contributed by atoms with Gasteiger partial charge in [0.25, 0.3) is 0 Å². The number of aromatic nitrogens is 2. The molecular weight excluding hydrogens is 274 g/mol. The molecule has 0 saturated carbocycles. The monoisotopic (exact) mass is 283 g/mol. The van der Waals surface area contributed by atoms with Crippen LogP contribution in [0.1, 0.15) is 5.69 Å². The first-order valence-corrected chi connectivity index (χ1v) is 6.95. The molecule has 0 spiro atoms. The van der Waals surface area contributed by atoms with Crippen molar-refractivity contribution in [2.45, 2.75) is 11.4 Å². The highest BCUT2D eigenvalue weighted by Crippen LogP contribution is 2.12. The van der Waals surface area contributed by atoms with Gasteiger partial charge in [-0.05, 0) is 24.3 Å². The number of rotatable bonds is 4. The Labute approximate surface area is 110 Å². The summed E-state index contributed by atoms with van der Waals surface area (Å²) in [5.74, 6) is 0. The predicted molar refractivity (Wildman–Crippen MR) is 67.5 cm³/mol. The van der Waals surface area contributed by atoms with Gasteiger partial charge in [-0.3, -0.25) is 4.98 Å². The molecule has 18 heavy (non-hydrogen) atoms. The third kappa shape index (κ3) is 3.25. The van der Waals surface area contributed by atoms with Gasteiger partial charge in [0.15, 0.2) is 0 Å². The molecule has 0 bridgehead atoms. The first kappa shape index (κ1) is 12.9. The molecule has 1 N–H and O–H groups in total. The van der Waals surface area contributed by atoms with Gasteiger partial charge in [0.2, 0.25) is 10.0 Å². The predicted octanol–water partition coefficient (Wildman–Crippen LogP) is 1.61. The molecule has 0 amide bonds. The molecule has 0 aromatic carbocycles. The average molecular weight is 284 g/mol. The van der Waals surface area contributed by atoms with Crippen molar-refractivity contribution in [3.8, 4) is 0 Å². The van der Waals surface area contributed by atoms with E-state index >= 15 is 0 Å². The second-order valence-electron chi connectivity index (χ2n) is 3.46. The average Bonchev–Trinajstić information content (AvgIpc) is 2.38. The van der Waals surface area contributed by atoms with E-state index in [4.69, 9.17) is 11.6 Å². The molecule has 0 aliphatic rings. The number of halogens is 1. The zero-order valence-corrected chi connectivity index (χ0v) is 10.8. The summed E-state index contributed by atoms with van der Waals surface area (Å²) in [6.45, 7) is 0.128. The lowest BCUT2D eigenvalue weighted by molar-refractivity contribution is 0.580. The zero-order valence-electron chi connectivity index (χ0n) is 9.25. The van der Waals surface area contributed by atoms with Crippen molar-refractivity contribution in [1.29, 1.82) is 0 Å². The largest absolute Gasteiger partial charge is 0.260 e. The van der Waals surface area contributed by atoms with Gasteiger partial charge in [0, 0.05) is 12.4 Å². The highest BCUT2D eigenvalue weighted by atomic mass is 35.5. The SMILES string of the molecule is O=S(=O)(NCc1ccccn1)c1ccnc(Cl)c1. The first-order chi connectivity index (χ1) is 8.58. The minimum atomic E-state index is -3.60. The molecule has 2 heterocycles. The Hall–Kier alpha value is -1.50. The van der Waals surface area contributed by atoms with Crippen LogP contribution in [0.4, 0.5) is 0 Å². The Morgan fingerprint density at radius 1 is 1.17 bits per heavy atom. The van der Waals surface area contributed by atoms with Crippen molar-refractivity contribution in [3.63, 3.8) is 0 Å². The van der Waals surface area contributed by atoms with Crippen LogP contribution in [0.15, 0.2) is 47.6 Å². The van der Waals surface area contributed by atoms with Crippen molar-refractivity contribution in [2.24, 2.45) is 0 Å². The van der Waals surface area contributed by atoms with Crippen LogP contribution in [0, 0.1) is 0 Å².